The fraction of sp³-hybridized carbons (Fsp3) is 0.143. The van der Waals surface area contributed by atoms with Crippen LogP contribution in [-0.4, -0.2) is 23.9 Å². The molecule has 0 saturated heterocycles. The molecule has 36 heavy (non-hydrogen) atoms. The summed E-state index contributed by atoms with van der Waals surface area (Å²) >= 11 is 9.75. The maximum absolute atomic E-state index is 12.4. The SMILES string of the molecule is COc1cc([C@@H]2OC(c3cccc(Cl)c3)=NN2C(C)=O)cc(Br)c1OCc1cccc2ccccc12. The van der Waals surface area contributed by atoms with E-state index in [0.717, 1.165) is 16.3 Å². The largest absolute Gasteiger partial charge is 0.493 e. The first-order valence-corrected chi connectivity index (χ1v) is 12.4. The molecule has 0 fully saturated rings. The number of methoxy groups -OCH3 is 1. The first-order valence-electron chi connectivity index (χ1n) is 11.2. The zero-order valence-corrected chi connectivity index (χ0v) is 21.9. The van der Waals surface area contributed by atoms with E-state index in [-0.39, 0.29) is 5.91 Å². The number of rotatable bonds is 6. The van der Waals surface area contributed by atoms with Gasteiger partial charge in [0, 0.05) is 23.1 Å². The second-order valence-electron chi connectivity index (χ2n) is 8.21. The van der Waals surface area contributed by atoms with E-state index in [4.69, 9.17) is 25.8 Å². The summed E-state index contributed by atoms with van der Waals surface area (Å²) in [5.41, 5.74) is 2.41. The Morgan fingerprint density at radius 3 is 2.64 bits per heavy atom. The predicted octanol–water partition coefficient (Wildman–Crippen LogP) is 7.08. The molecule has 0 unspecified atom stereocenters. The Labute approximate surface area is 222 Å². The number of fused-ring (bicyclic) bond motifs is 1. The van der Waals surface area contributed by atoms with Gasteiger partial charge in [0.15, 0.2) is 11.5 Å². The molecule has 0 spiro atoms. The van der Waals surface area contributed by atoms with Crippen molar-refractivity contribution in [3.05, 3.63) is 105 Å². The van der Waals surface area contributed by atoms with Gasteiger partial charge >= 0.3 is 0 Å². The molecule has 1 aliphatic rings. The lowest BCUT2D eigenvalue weighted by atomic mass is 10.1. The van der Waals surface area contributed by atoms with Gasteiger partial charge in [-0.15, -0.1) is 5.10 Å². The van der Waals surface area contributed by atoms with Crippen molar-refractivity contribution in [1.29, 1.82) is 0 Å². The quantitative estimate of drug-likeness (QED) is 0.251. The Morgan fingerprint density at radius 1 is 1.08 bits per heavy atom. The monoisotopic (exact) mass is 564 g/mol. The normalized spacial score (nSPS) is 14.9. The molecular weight excluding hydrogens is 544 g/mol. The lowest BCUT2D eigenvalue weighted by Gasteiger charge is -2.21. The molecule has 1 atom stereocenters. The molecule has 0 N–H and O–H groups in total. The number of nitrogens with zero attached hydrogens (tertiary/aromatic N) is 2. The standard InChI is InChI=1S/C28H22BrClN2O4/c1-17(33)32-28(36-27(31-32)19-9-6-11-22(30)13-19)21-14-24(29)26(25(15-21)34-2)35-16-20-10-5-8-18-7-3-4-12-23(18)20/h3-15,28H,16H2,1-2H3/t28-/m0/s1. The third kappa shape index (κ3) is 4.76. The summed E-state index contributed by atoms with van der Waals surface area (Å²) in [6, 6.07) is 25.1. The van der Waals surface area contributed by atoms with Crippen LogP contribution in [0.1, 0.15) is 29.8 Å². The molecule has 0 radical (unpaired) electrons. The van der Waals surface area contributed by atoms with Gasteiger partial charge in [0.2, 0.25) is 18.0 Å². The summed E-state index contributed by atoms with van der Waals surface area (Å²) < 4.78 is 18.6. The third-order valence-electron chi connectivity index (χ3n) is 5.83. The maximum Gasteiger partial charge on any atom is 0.243 e. The summed E-state index contributed by atoms with van der Waals surface area (Å²) in [7, 11) is 1.57. The fourth-order valence-corrected chi connectivity index (χ4v) is 4.88. The van der Waals surface area contributed by atoms with E-state index in [9.17, 15) is 4.79 Å². The van der Waals surface area contributed by atoms with E-state index >= 15 is 0 Å². The molecule has 0 saturated carbocycles. The molecule has 0 bridgehead atoms. The van der Waals surface area contributed by atoms with Gasteiger partial charge < -0.3 is 14.2 Å². The number of benzene rings is 4. The van der Waals surface area contributed by atoms with Crippen molar-refractivity contribution in [2.24, 2.45) is 5.10 Å². The van der Waals surface area contributed by atoms with Crippen molar-refractivity contribution in [1.82, 2.24) is 5.01 Å². The van der Waals surface area contributed by atoms with Crippen molar-refractivity contribution < 1.29 is 19.0 Å². The summed E-state index contributed by atoms with van der Waals surface area (Å²) in [6.07, 6.45) is -0.770. The Balaban J connectivity index is 1.43. The molecule has 6 nitrogen and oxygen atoms in total. The second kappa shape index (κ2) is 10.2. The molecule has 1 amide bonds. The molecule has 1 heterocycles. The van der Waals surface area contributed by atoms with Crippen LogP contribution in [0.25, 0.3) is 10.8 Å². The van der Waals surface area contributed by atoms with Gasteiger partial charge in [0.05, 0.1) is 11.6 Å². The summed E-state index contributed by atoms with van der Waals surface area (Å²) in [6.45, 7) is 1.80. The fourth-order valence-electron chi connectivity index (χ4n) is 4.11. The number of amides is 1. The molecule has 0 aliphatic carbocycles. The molecule has 182 valence electrons. The summed E-state index contributed by atoms with van der Waals surface area (Å²) in [4.78, 5) is 12.4. The van der Waals surface area contributed by atoms with Gasteiger partial charge in [-0.25, -0.2) is 0 Å². The van der Waals surface area contributed by atoms with Gasteiger partial charge in [-0.3, -0.25) is 4.79 Å². The highest BCUT2D eigenvalue weighted by atomic mass is 79.9. The lowest BCUT2D eigenvalue weighted by Crippen LogP contribution is -2.25. The first-order chi connectivity index (χ1) is 17.4. The van der Waals surface area contributed by atoms with Crippen molar-refractivity contribution in [3.63, 3.8) is 0 Å². The highest BCUT2D eigenvalue weighted by Crippen LogP contribution is 2.41. The van der Waals surface area contributed by atoms with E-state index < -0.39 is 6.23 Å². The number of hydrogen-bond acceptors (Lipinski definition) is 5. The minimum atomic E-state index is -0.770. The Bertz CT molecular complexity index is 1480. The number of carbonyl (C=O) groups excluding carboxylic acids is 1. The molecular formula is C28H22BrClN2O4. The third-order valence-corrected chi connectivity index (χ3v) is 6.65. The van der Waals surface area contributed by atoms with Crippen LogP contribution in [0.5, 0.6) is 11.5 Å². The number of ether oxygens (including phenoxy) is 3. The predicted molar refractivity (Wildman–Crippen MR) is 143 cm³/mol. The number of hydrazone groups is 1. The minimum absolute atomic E-state index is 0.261. The topological polar surface area (TPSA) is 60.4 Å². The number of hydrogen-bond donors (Lipinski definition) is 0. The van der Waals surface area contributed by atoms with E-state index in [1.807, 2.05) is 36.4 Å². The van der Waals surface area contributed by atoms with Crippen LogP contribution in [0.2, 0.25) is 5.02 Å². The smallest absolute Gasteiger partial charge is 0.243 e. The average molecular weight is 566 g/mol. The molecule has 8 heteroatoms. The first kappa shape index (κ1) is 24.2. The molecule has 5 rings (SSSR count). The summed E-state index contributed by atoms with van der Waals surface area (Å²) in [5, 5.41) is 8.54. The average Bonchev–Trinajstić information content (AvgIpc) is 3.34. The highest BCUT2D eigenvalue weighted by molar-refractivity contribution is 9.10. The number of halogens is 2. The van der Waals surface area contributed by atoms with Crippen molar-refractivity contribution in [2.45, 2.75) is 19.8 Å². The van der Waals surface area contributed by atoms with Crippen LogP contribution in [0.15, 0.2) is 88.4 Å². The molecule has 4 aromatic carbocycles. The molecule has 4 aromatic rings. The van der Waals surface area contributed by atoms with Gasteiger partial charge in [-0.05, 0) is 62.6 Å². The Hall–Kier alpha value is -3.55. The van der Waals surface area contributed by atoms with Gasteiger partial charge in [-0.1, -0.05) is 60.1 Å². The van der Waals surface area contributed by atoms with E-state index in [2.05, 4.69) is 39.2 Å². The Kier molecular flexibility index (Phi) is 6.85. The van der Waals surface area contributed by atoms with E-state index in [0.29, 0.717) is 44.6 Å². The van der Waals surface area contributed by atoms with Crippen LogP contribution >= 0.6 is 27.5 Å². The van der Waals surface area contributed by atoms with Crippen LogP contribution < -0.4 is 9.47 Å². The van der Waals surface area contributed by atoms with Crippen LogP contribution in [-0.2, 0) is 16.1 Å². The van der Waals surface area contributed by atoms with Crippen molar-refractivity contribution >= 4 is 50.1 Å². The van der Waals surface area contributed by atoms with Gasteiger partial charge in [0.1, 0.15) is 6.61 Å². The second-order valence-corrected chi connectivity index (χ2v) is 9.50. The Morgan fingerprint density at radius 2 is 1.86 bits per heavy atom. The molecule has 1 aliphatic heterocycles. The van der Waals surface area contributed by atoms with Gasteiger partial charge in [0.25, 0.3) is 0 Å². The zero-order valence-electron chi connectivity index (χ0n) is 19.6. The van der Waals surface area contributed by atoms with Crippen LogP contribution in [0, 0.1) is 0 Å². The van der Waals surface area contributed by atoms with Gasteiger partial charge in [-0.2, -0.15) is 5.01 Å². The minimum Gasteiger partial charge on any atom is -0.493 e. The lowest BCUT2D eigenvalue weighted by molar-refractivity contribution is -0.135. The number of carbonyl (C=O) groups is 1. The van der Waals surface area contributed by atoms with Crippen LogP contribution in [0.3, 0.4) is 0 Å². The van der Waals surface area contributed by atoms with E-state index in [1.54, 1.807) is 31.4 Å². The van der Waals surface area contributed by atoms with Crippen LogP contribution in [0.4, 0.5) is 0 Å². The zero-order chi connectivity index (χ0) is 25.2. The maximum atomic E-state index is 12.4. The highest BCUT2D eigenvalue weighted by Gasteiger charge is 2.34. The van der Waals surface area contributed by atoms with Crippen molar-refractivity contribution in [3.8, 4) is 11.5 Å². The molecule has 0 aromatic heterocycles. The summed E-state index contributed by atoms with van der Waals surface area (Å²) in [5.74, 6) is 1.10. The van der Waals surface area contributed by atoms with E-state index in [1.165, 1.54) is 11.9 Å². The van der Waals surface area contributed by atoms with Crippen molar-refractivity contribution in [2.75, 3.05) is 7.11 Å².